The third kappa shape index (κ3) is 13.5. The summed E-state index contributed by atoms with van der Waals surface area (Å²) in [5, 5.41) is 0. The normalized spacial score (nSPS) is 21.9. The summed E-state index contributed by atoms with van der Waals surface area (Å²) in [7, 11) is 0. The molecule has 0 aromatic carbocycles. The lowest BCUT2D eigenvalue weighted by Gasteiger charge is -2.40. The molecular formula is C32H60O4. The number of rotatable bonds is 22. The Kier molecular flexibility index (Phi) is 20.1. The molecule has 212 valence electrons. The van der Waals surface area contributed by atoms with Gasteiger partial charge in [0.2, 0.25) is 0 Å². The smallest absolute Gasteiger partial charge is 0.310 e. The third-order valence-electron chi connectivity index (χ3n) is 8.39. The van der Waals surface area contributed by atoms with Crippen LogP contribution in [-0.2, 0) is 19.1 Å². The van der Waals surface area contributed by atoms with Crippen molar-refractivity contribution in [1.29, 1.82) is 0 Å². The monoisotopic (exact) mass is 508 g/mol. The van der Waals surface area contributed by atoms with Crippen LogP contribution < -0.4 is 0 Å². The van der Waals surface area contributed by atoms with Gasteiger partial charge in [0.05, 0.1) is 25.0 Å². The van der Waals surface area contributed by atoms with Gasteiger partial charge in [0.15, 0.2) is 0 Å². The van der Waals surface area contributed by atoms with E-state index in [4.69, 9.17) is 9.47 Å². The van der Waals surface area contributed by atoms with Crippen LogP contribution in [0.1, 0.15) is 156 Å². The molecule has 0 saturated heterocycles. The molecule has 0 aromatic heterocycles. The van der Waals surface area contributed by atoms with Crippen LogP contribution in [0, 0.1) is 23.7 Å². The lowest BCUT2D eigenvalue weighted by Crippen LogP contribution is -2.45. The topological polar surface area (TPSA) is 52.6 Å². The molecular weight excluding hydrogens is 448 g/mol. The van der Waals surface area contributed by atoms with Gasteiger partial charge in [-0.25, -0.2) is 0 Å². The molecule has 4 atom stereocenters. The summed E-state index contributed by atoms with van der Waals surface area (Å²) in [5.74, 6) is -0.546. The van der Waals surface area contributed by atoms with Crippen molar-refractivity contribution in [3.63, 3.8) is 0 Å². The number of carbonyl (C=O) groups excluding carboxylic acids is 2. The Bertz CT molecular complexity index is 498. The minimum atomic E-state index is -0.339. The summed E-state index contributed by atoms with van der Waals surface area (Å²) in [6.45, 7) is 9.73. The van der Waals surface area contributed by atoms with Crippen LogP contribution in [0.3, 0.4) is 0 Å². The maximum Gasteiger partial charge on any atom is 0.310 e. The highest BCUT2D eigenvalue weighted by Crippen LogP contribution is 2.43. The molecule has 4 heteroatoms. The number of hydrogen-bond acceptors (Lipinski definition) is 4. The highest BCUT2D eigenvalue weighted by molar-refractivity contribution is 5.83. The number of esters is 2. The predicted octanol–water partition coefficient (Wildman–Crippen LogP) is 9.43. The quantitative estimate of drug-likeness (QED) is 0.108. The summed E-state index contributed by atoms with van der Waals surface area (Å²) in [6, 6.07) is 0. The van der Waals surface area contributed by atoms with Gasteiger partial charge in [0, 0.05) is 0 Å². The molecule has 4 unspecified atom stereocenters. The van der Waals surface area contributed by atoms with Crippen LogP contribution in [0.4, 0.5) is 0 Å². The van der Waals surface area contributed by atoms with Crippen molar-refractivity contribution >= 4 is 11.9 Å². The molecule has 0 aromatic rings. The van der Waals surface area contributed by atoms with Gasteiger partial charge < -0.3 is 9.47 Å². The second-order valence-corrected chi connectivity index (χ2v) is 11.3. The minimum Gasteiger partial charge on any atom is -0.465 e. The number of hydrogen-bond donors (Lipinski definition) is 0. The van der Waals surface area contributed by atoms with Crippen LogP contribution in [0.25, 0.3) is 0 Å². The Balaban J connectivity index is 2.47. The predicted molar refractivity (Wildman–Crippen MR) is 151 cm³/mol. The van der Waals surface area contributed by atoms with Gasteiger partial charge in [0.25, 0.3) is 0 Å². The zero-order valence-corrected chi connectivity index (χ0v) is 24.5. The van der Waals surface area contributed by atoms with E-state index in [1.54, 1.807) is 0 Å². The van der Waals surface area contributed by atoms with E-state index in [1.165, 1.54) is 77.0 Å². The first kappa shape index (κ1) is 33.0. The average molecular weight is 509 g/mol. The Morgan fingerprint density at radius 3 is 1.11 bits per heavy atom. The van der Waals surface area contributed by atoms with Crippen molar-refractivity contribution in [2.24, 2.45) is 23.7 Å². The highest BCUT2D eigenvalue weighted by atomic mass is 16.5. The van der Waals surface area contributed by atoms with Gasteiger partial charge in [-0.1, -0.05) is 130 Å². The zero-order valence-electron chi connectivity index (χ0n) is 24.5. The van der Waals surface area contributed by atoms with E-state index in [1.807, 2.05) is 0 Å². The van der Waals surface area contributed by atoms with E-state index >= 15 is 0 Å². The van der Waals surface area contributed by atoms with Gasteiger partial charge in [-0.05, 0) is 37.5 Å². The molecule has 36 heavy (non-hydrogen) atoms. The van der Waals surface area contributed by atoms with Crippen LogP contribution in [0.2, 0.25) is 0 Å². The Morgan fingerprint density at radius 2 is 0.806 bits per heavy atom. The second kappa shape index (κ2) is 22.0. The first-order valence-electron chi connectivity index (χ1n) is 15.9. The molecule has 1 fully saturated rings. The van der Waals surface area contributed by atoms with Gasteiger partial charge in [-0.2, -0.15) is 0 Å². The summed E-state index contributed by atoms with van der Waals surface area (Å²) in [4.78, 5) is 26.5. The zero-order chi connectivity index (χ0) is 26.4. The van der Waals surface area contributed by atoms with Crippen molar-refractivity contribution in [3.05, 3.63) is 0 Å². The van der Waals surface area contributed by atoms with Crippen molar-refractivity contribution in [2.45, 2.75) is 156 Å². The fourth-order valence-electron chi connectivity index (χ4n) is 5.98. The molecule has 0 radical (unpaired) electrons. The van der Waals surface area contributed by atoms with Crippen molar-refractivity contribution in [2.75, 3.05) is 13.2 Å². The highest BCUT2D eigenvalue weighted by Gasteiger charge is 2.47. The molecule has 0 aliphatic heterocycles. The molecule has 0 heterocycles. The SMILES string of the molecule is CCCCCCCCCCOC(=O)C1C(CC)CCC(CC)C1C(=O)OCCCCCCCCCC. The first-order chi connectivity index (χ1) is 17.6. The number of unbranched alkanes of at least 4 members (excludes halogenated alkanes) is 14. The minimum absolute atomic E-state index is 0.156. The van der Waals surface area contributed by atoms with E-state index in [2.05, 4.69) is 27.7 Å². The summed E-state index contributed by atoms with van der Waals surface area (Å²) in [5.41, 5.74) is 0. The fourth-order valence-corrected chi connectivity index (χ4v) is 5.98. The van der Waals surface area contributed by atoms with E-state index in [0.29, 0.717) is 13.2 Å². The average Bonchev–Trinajstić information content (AvgIpc) is 2.89. The molecule has 0 amide bonds. The van der Waals surface area contributed by atoms with E-state index in [-0.39, 0.29) is 35.6 Å². The third-order valence-corrected chi connectivity index (χ3v) is 8.39. The lowest BCUT2D eigenvalue weighted by molar-refractivity contribution is -0.169. The molecule has 1 aliphatic rings. The van der Waals surface area contributed by atoms with Crippen molar-refractivity contribution in [3.8, 4) is 0 Å². The fraction of sp³-hybridized carbons (Fsp3) is 0.938. The van der Waals surface area contributed by atoms with E-state index < -0.39 is 0 Å². The van der Waals surface area contributed by atoms with Crippen LogP contribution >= 0.6 is 0 Å². The Hall–Kier alpha value is -1.06. The van der Waals surface area contributed by atoms with E-state index in [9.17, 15) is 9.59 Å². The van der Waals surface area contributed by atoms with E-state index in [0.717, 1.165) is 51.4 Å². The van der Waals surface area contributed by atoms with Gasteiger partial charge in [-0.3, -0.25) is 9.59 Å². The van der Waals surface area contributed by atoms with Crippen LogP contribution in [0.15, 0.2) is 0 Å². The molecule has 0 N–H and O–H groups in total. The second-order valence-electron chi connectivity index (χ2n) is 11.3. The summed E-state index contributed by atoms with van der Waals surface area (Å²) < 4.78 is 11.6. The molecule has 1 saturated carbocycles. The Morgan fingerprint density at radius 1 is 0.500 bits per heavy atom. The van der Waals surface area contributed by atoms with Crippen molar-refractivity contribution < 1.29 is 19.1 Å². The summed E-state index contributed by atoms with van der Waals surface area (Å²) >= 11 is 0. The standard InChI is InChI=1S/C32H60O4/c1-5-9-11-13-15-17-19-21-25-35-31(33)29-27(7-3)23-24-28(8-4)30(29)32(34)36-26-22-20-18-16-14-12-10-6-2/h27-30H,5-26H2,1-4H3. The maximum absolute atomic E-state index is 13.2. The van der Waals surface area contributed by atoms with Gasteiger partial charge in [0.1, 0.15) is 0 Å². The maximum atomic E-state index is 13.2. The molecule has 4 nitrogen and oxygen atoms in total. The number of carbonyl (C=O) groups is 2. The van der Waals surface area contributed by atoms with Crippen LogP contribution in [0.5, 0.6) is 0 Å². The lowest BCUT2D eigenvalue weighted by atomic mass is 9.65. The Labute approximate surface area is 224 Å². The molecule has 0 spiro atoms. The van der Waals surface area contributed by atoms with Crippen molar-refractivity contribution in [1.82, 2.24) is 0 Å². The van der Waals surface area contributed by atoms with Gasteiger partial charge in [-0.15, -0.1) is 0 Å². The van der Waals surface area contributed by atoms with Gasteiger partial charge >= 0.3 is 11.9 Å². The molecule has 0 bridgehead atoms. The summed E-state index contributed by atoms with van der Waals surface area (Å²) in [6.07, 6.45) is 23.4. The largest absolute Gasteiger partial charge is 0.465 e. The molecule has 1 aliphatic carbocycles. The van der Waals surface area contributed by atoms with Crippen LogP contribution in [-0.4, -0.2) is 25.2 Å². The first-order valence-corrected chi connectivity index (χ1v) is 15.9. The molecule has 1 rings (SSSR count). The number of ether oxygens (including phenoxy) is 2.